The first-order valence-electron chi connectivity index (χ1n) is 8.50. The van der Waals surface area contributed by atoms with E-state index in [0.717, 1.165) is 57.2 Å². The number of aryl methyl sites for hydroxylation is 1. The average molecular weight is 321 g/mol. The minimum absolute atomic E-state index is 0.147. The first-order valence-corrected chi connectivity index (χ1v) is 8.50. The Balaban J connectivity index is 1.64. The van der Waals surface area contributed by atoms with Crippen molar-refractivity contribution in [2.24, 2.45) is 12.0 Å². The summed E-state index contributed by atoms with van der Waals surface area (Å²) in [4.78, 5) is 7.05. The van der Waals surface area contributed by atoms with Crippen molar-refractivity contribution in [3.63, 3.8) is 0 Å². The lowest BCUT2D eigenvalue weighted by atomic mass is 10.1. The summed E-state index contributed by atoms with van der Waals surface area (Å²) < 4.78 is 13.5. The highest BCUT2D eigenvalue weighted by atomic mass is 16.5. The van der Waals surface area contributed by atoms with Gasteiger partial charge >= 0.3 is 0 Å². The fourth-order valence-electron chi connectivity index (χ4n) is 3.13. The summed E-state index contributed by atoms with van der Waals surface area (Å²) in [7, 11) is 1.92. The van der Waals surface area contributed by atoms with E-state index < -0.39 is 0 Å². The van der Waals surface area contributed by atoms with Crippen LogP contribution in [0.25, 0.3) is 0 Å². The molecule has 0 saturated carbocycles. The van der Waals surface area contributed by atoms with Crippen molar-refractivity contribution < 1.29 is 9.47 Å². The molecule has 2 fully saturated rings. The normalized spacial score (nSPS) is 25.8. The number of rotatable bonds is 4. The second-order valence-electron chi connectivity index (χ2n) is 6.10. The van der Waals surface area contributed by atoms with Crippen molar-refractivity contribution >= 4 is 5.96 Å². The molecule has 7 nitrogen and oxygen atoms in total. The van der Waals surface area contributed by atoms with Gasteiger partial charge in [-0.3, -0.25) is 4.68 Å². The molecule has 3 heterocycles. The summed E-state index contributed by atoms with van der Waals surface area (Å²) in [5, 5.41) is 7.59. The zero-order valence-corrected chi connectivity index (χ0v) is 14.1. The van der Waals surface area contributed by atoms with Crippen LogP contribution in [0.1, 0.15) is 25.3 Å². The molecule has 0 aromatic carbocycles. The van der Waals surface area contributed by atoms with Crippen molar-refractivity contribution in [2.45, 2.75) is 38.5 Å². The van der Waals surface area contributed by atoms with E-state index in [4.69, 9.17) is 14.5 Å². The number of ether oxygens (including phenoxy) is 2. The van der Waals surface area contributed by atoms with Gasteiger partial charge in [-0.25, -0.2) is 4.99 Å². The monoisotopic (exact) mass is 321 g/mol. The van der Waals surface area contributed by atoms with Crippen LogP contribution in [0, 0.1) is 0 Å². The molecule has 0 bridgehead atoms. The van der Waals surface area contributed by atoms with Crippen molar-refractivity contribution in [1.82, 2.24) is 20.0 Å². The Morgan fingerprint density at radius 2 is 2.26 bits per heavy atom. The number of hydrogen-bond donors (Lipinski definition) is 1. The topological polar surface area (TPSA) is 63.9 Å². The van der Waals surface area contributed by atoms with Gasteiger partial charge in [0.1, 0.15) is 6.10 Å². The Bertz CT molecular complexity index is 524. The van der Waals surface area contributed by atoms with Crippen molar-refractivity contribution in [3.8, 4) is 0 Å². The first kappa shape index (κ1) is 16.3. The second kappa shape index (κ2) is 7.79. The predicted molar refractivity (Wildman–Crippen MR) is 88.3 cm³/mol. The minimum Gasteiger partial charge on any atom is -0.375 e. The molecule has 7 heteroatoms. The highest BCUT2D eigenvalue weighted by Gasteiger charge is 2.32. The molecule has 0 radical (unpaired) electrons. The summed E-state index contributed by atoms with van der Waals surface area (Å²) in [6.07, 6.45) is 6.48. The van der Waals surface area contributed by atoms with Crippen LogP contribution in [0.4, 0.5) is 0 Å². The van der Waals surface area contributed by atoms with Gasteiger partial charge in [-0.2, -0.15) is 5.10 Å². The van der Waals surface area contributed by atoms with Gasteiger partial charge < -0.3 is 19.7 Å². The maximum atomic E-state index is 5.92. The number of morpholine rings is 1. The van der Waals surface area contributed by atoms with Gasteiger partial charge in [0.25, 0.3) is 0 Å². The third kappa shape index (κ3) is 4.23. The SMILES string of the molecule is CCNC(=NCc1cnn(C)c1)N1CCOC(C2CCCO2)C1. The molecule has 1 aromatic rings. The lowest BCUT2D eigenvalue weighted by Crippen LogP contribution is -2.53. The molecule has 128 valence electrons. The Labute approximate surface area is 137 Å². The van der Waals surface area contributed by atoms with Crippen LogP contribution >= 0.6 is 0 Å². The molecule has 0 spiro atoms. The highest BCUT2D eigenvalue weighted by molar-refractivity contribution is 5.80. The fraction of sp³-hybridized carbons (Fsp3) is 0.750. The summed E-state index contributed by atoms with van der Waals surface area (Å²) in [5.41, 5.74) is 1.12. The molecule has 1 aromatic heterocycles. The Hall–Kier alpha value is -1.60. The summed E-state index contributed by atoms with van der Waals surface area (Å²) in [6.45, 7) is 6.87. The molecule has 2 saturated heterocycles. The third-order valence-electron chi connectivity index (χ3n) is 4.28. The molecular formula is C16H27N5O2. The van der Waals surface area contributed by atoms with Crippen LogP contribution < -0.4 is 5.32 Å². The van der Waals surface area contributed by atoms with Gasteiger partial charge in [0.15, 0.2) is 5.96 Å². The smallest absolute Gasteiger partial charge is 0.194 e. The number of hydrogen-bond acceptors (Lipinski definition) is 4. The van der Waals surface area contributed by atoms with Gasteiger partial charge in [0, 0.05) is 45.0 Å². The number of guanidine groups is 1. The van der Waals surface area contributed by atoms with E-state index in [9.17, 15) is 0 Å². The molecule has 2 unspecified atom stereocenters. The van der Waals surface area contributed by atoms with Crippen molar-refractivity contribution in [2.75, 3.05) is 32.8 Å². The van der Waals surface area contributed by atoms with Gasteiger partial charge in [-0.05, 0) is 19.8 Å². The maximum absolute atomic E-state index is 5.92. The van der Waals surface area contributed by atoms with Crippen LogP contribution in [-0.4, -0.2) is 65.7 Å². The average Bonchev–Trinajstić information content (AvgIpc) is 3.23. The van der Waals surface area contributed by atoms with E-state index in [1.807, 2.05) is 19.4 Å². The summed E-state index contributed by atoms with van der Waals surface area (Å²) in [5.74, 6) is 0.947. The van der Waals surface area contributed by atoms with Crippen LogP contribution in [-0.2, 0) is 23.1 Å². The quantitative estimate of drug-likeness (QED) is 0.655. The van der Waals surface area contributed by atoms with Crippen LogP contribution in [0.15, 0.2) is 17.4 Å². The highest BCUT2D eigenvalue weighted by Crippen LogP contribution is 2.21. The van der Waals surface area contributed by atoms with E-state index >= 15 is 0 Å². The number of nitrogens with one attached hydrogen (secondary N) is 1. The van der Waals surface area contributed by atoms with Crippen molar-refractivity contribution in [1.29, 1.82) is 0 Å². The fourth-order valence-corrected chi connectivity index (χ4v) is 3.13. The zero-order chi connectivity index (χ0) is 16.1. The number of aromatic nitrogens is 2. The van der Waals surface area contributed by atoms with Crippen LogP contribution in [0.5, 0.6) is 0 Å². The minimum atomic E-state index is 0.147. The molecule has 0 aliphatic carbocycles. The largest absolute Gasteiger partial charge is 0.375 e. The molecule has 2 aliphatic heterocycles. The summed E-state index contributed by atoms with van der Waals surface area (Å²) >= 11 is 0. The van der Waals surface area contributed by atoms with E-state index in [1.54, 1.807) is 4.68 Å². The van der Waals surface area contributed by atoms with E-state index in [2.05, 4.69) is 22.2 Å². The van der Waals surface area contributed by atoms with Gasteiger partial charge in [-0.1, -0.05) is 0 Å². The molecule has 23 heavy (non-hydrogen) atoms. The molecule has 2 atom stereocenters. The zero-order valence-electron chi connectivity index (χ0n) is 14.1. The van der Waals surface area contributed by atoms with E-state index in [-0.39, 0.29) is 12.2 Å². The Morgan fingerprint density at radius 1 is 1.39 bits per heavy atom. The van der Waals surface area contributed by atoms with Gasteiger partial charge in [0.05, 0.1) is 25.5 Å². The Kier molecular flexibility index (Phi) is 5.51. The summed E-state index contributed by atoms with van der Waals surface area (Å²) in [6, 6.07) is 0. The van der Waals surface area contributed by atoms with Crippen molar-refractivity contribution in [3.05, 3.63) is 18.0 Å². The lowest BCUT2D eigenvalue weighted by Gasteiger charge is -2.37. The Morgan fingerprint density at radius 3 is 2.96 bits per heavy atom. The molecule has 1 N–H and O–H groups in total. The number of aliphatic imine (C=N–C) groups is 1. The molecule has 0 amide bonds. The first-order chi connectivity index (χ1) is 11.3. The lowest BCUT2D eigenvalue weighted by molar-refractivity contribution is -0.0817. The van der Waals surface area contributed by atoms with E-state index in [0.29, 0.717) is 6.54 Å². The number of nitrogens with zero attached hydrogens (tertiary/aromatic N) is 4. The molecular weight excluding hydrogens is 294 g/mol. The van der Waals surface area contributed by atoms with Crippen LogP contribution in [0.2, 0.25) is 0 Å². The second-order valence-corrected chi connectivity index (χ2v) is 6.10. The maximum Gasteiger partial charge on any atom is 0.194 e. The molecule has 3 rings (SSSR count). The van der Waals surface area contributed by atoms with Gasteiger partial charge in [-0.15, -0.1) is 0 Å². The van der Waals surface area contributed by atoms with Gasteiger partial charge in [0.2, 0.25) is 0 Å². The molecule has 2 aliphatic rings. The standard InChI is InChI=1S/C16H27N5O2/c1-3-17-16(18-9-13-10-19-20(2)11-13)21-6-8-23-15(12-21)14-5-4-7-22-14/h10-11,14-15H,3-9,12H2,1-2H3,(H,17,18). The third-order valence-corrected chi connectivity index (χ3v) is 4.28. The predicted octanol–water partition coefficient (Wildman–Crippen LogP) is 0.765. The van der Waals surface area contributed by atoms with Crippen LogP contribution in [0.3, 0.4) is 0 Å². The van der Waals surface area contributed by atoms with E-state index in [1.165, 1.54) is 0 Å².